The first-order valence-corrected chi connectivity index (χ1v) is 9.15. The lowest BCUT2D eigenvalue weighted by Crippen LogP contribution is -2.53. The van der Waals surface area contributed by atoms with Gasteiger partial charge in [-0.15, -0.1) is 0 Å². The van der Waals surface area contributed by atoms with E-state index in [1.54, 1.807) is 0 Å². The maximum atomic E-state index is 12.3. The highest BCUT2D eigenvalue weighted by atomic mass is 16.3. The summed E-state index contributed by atoms with van der Waals surface area (Å²) < 4.78 is 0. The lowest BCUT2D eigenvalue weighted by molar-refractivity contribution is 0.186. The van der Waals surface area contributed by atoms with Crippen LogP contribution in [0, 0.1) is 12.3 Å². The van der Waals surface area contributed by atoms with Gasteiger partial charge in [-0.25, -0.2) is 9.78 Å². The Bertz CT molecular complexity index is 546. The summed E-state index contributed by atoms with van der Waals surface area (Å²) in [6.07, 6.45) is 4.27. The number of carbonyl (C=O) groups is 1. The van der Waals surface area contributed by atoms with Crippen LogP contribution in [0.1, 0.15) is 45.6 Å². The third-order valence-electron chi connectivity index (χ3n) is 4.82. The van der Waals surface area contributed by atoms with Crippen LogP contribution >= 0.6 is 0 Å². The van der Waals surface area contributed by atoms with E-state index in [0.717, 1.165) is 37.3 Å². The van der Waals surface area contributed by atoms with E-state index in [2.05, 4.69) is 53.4 Å². The number of pyridine rings is 1. The number of amides is 2. The summed E-state index contributed by atoms with van der Waals surface area (Å²) in [7, 11) is 0. The summed E-state index contributed by atoms with van der Waals surface area (Å²) >= 11 is 0. The molecule has 1 atom stereocenters. The molecule has 1 fully saturated rings. The van der Waals surface area contributed by atoms with Gasteiger partial charge in [-0.3, -0.25) is 0 Å². The minimum atomic E-state index is -0.139. The zero-order chi connectivity index (χ0) is 18.4. The quantitative estimate of drug-likeness (QED) is 0.764. The molecule has 0 aromatic carbocycles. The van der Waals surface area contributed by atoms with Crippen LogP contribution in [0.25, 0.3) is 0 Å². The number of piperidine rings is 1. The second-order valence-electron chi connectivity index (χ2n) is 8.00. The van der Waals surface area contributed by atoms with E-state index in [0.29, 0.717) is 6.42 Å². The molecule has 2 amide bonds. The fraction of sp³-hybridized carbons (Fsp3) is 0.684. The van der Waals surface area contributed by atoms with E-state index in [-0.39, 0.29) is 30.1 Å². The van der Waals surface area contributed by atoms with Gasteiger partial charge in [0.2, 0.25) is 0 Å². The number of nitrogens with zero attached hydrogens (tertiary/aromatic N) is 2. The third-order valence-corrected chi connectivity index (χ3v) is 4.82. The smallest absolute Gasteiger partial charge is 0.315 e. The summed E-state index contributed by atoms with van der Waals surface area (Å²) in [5, 5.41) is 15.3. The summed E-state index contributed by atoms with van der Waals surface area (Å²) in [6.45, 7) is 10.1. The standard InChI is InChI=1S/C19H32N4O2/c1-14-5-6-17(20-13-14)23-10-7-15(8-11-23)21-18(25)22-16(9-12-24)19(2,3)4/h5-6,13,15-16,24H,7-12H2,1-4H3,(H2,21,22,25)/t16-/m0/s1. The average Bonchev–Trinajstić information content (AvgIpc) is 2.55. The molecular weight excluding hydrogens is 316 g/mol. The maximum absolute atomic E-state index is 12.3. The Morgan fingerprint density at radius 3 is 2.56 bits per heavy atom. The number of aryl methyl sites for hydroxylation is 1. The third kappa shape index (κ3) is 5.88. The Morgan fingerprint density at radius 1 is 1.36 bits per heavy atom. The molecule has 2 rings (SSSR count). The Hall–Kier alpha value is -1.82. The summed E-state index contributed by atoms with van der Waals surface area (Å²) in [4.78, 5) is 19.0. The number of carbonyl (C=O) groups excluding carboxylic acids is 1. The van der Waals surface area contributed by atoms with Crippen molar-refractivity contribution in [1.29, 1.82) is 0 Å². The van der Waals surface area contributed by atoms with Crippen LogP contribution in [0.2, 0.25) is 0 Å². The molecule has 140 valence electrons. The first-order chi connectivity index (χ1) is 11.8. The van der Waals surface area contributed by atoms with Gasteiger partial charge in [0.15, 0.2) is 0 Å². The van der Waals surface area contributed by atoms with Crippen LogP contribution < -0.4 is 15.5 Å². The predicted octanol–water partition coefficient (Wildman–Crippen LogP) is 2.46. The minimum absolute atomic E-state index is 0.0469. The van der Waals surface area contributed by atoms with Crippen molar-refractivity contribution in [3.05, 3.63) is 23.9 Å². The molecule has 3 N–H and O–H groups in total. The molecule has 1 saturated heterocycles. The van der Waals surface area contributed by atoms with Gasteiger partial charge in [-0.1, -0.05) is 26.8 Å². The highest BCUT2D eigenvalue weighted by Gasteiger charge is 2.27. The van der Waals surface area contributed by atoms with Crippen LogP contribution in [0.15, 0.2) is 18.3 Å². The van der Waals surface area contributed by atoms with E-state index in [1.807, 2.05) is 13.1 Å². The van der Waals surface area contributed by atoms with Crippen molar-refractivity contribution in [1.82, 2.24) is 15.6 Å². The molecule has 6 nitrogen and oxygen atoms in total. The number of aliphatic hydroxyl groups is 1. The lowest BCUT2D eigenvalue weighted by Gasteiger charge is -2.35. The number of hydrogen-bond acceptors (Lipinski definition) is 4. The van der Waals surface area contributed by atoms with Crippen molar-refractivity contribution in [2.24, 2.45) is 5.41 Å². The van der Waals surface area contributed by atoms with Crippen LogP contribution in [0.3, 0.4) is 0 Å². The molecule has 1 aliphatic rings. The monoisotopic (exact) mass is 348 g/mol. The van der Waals surface area contributed by atoms with Crippen LogP contribution in [0.4, 0.5) is 10.6 Å². The van der Waals surface area contributed by atoms with Crippen molar-refractivity contribution >= 4 is 11.8 Å². The van der Waals surface area contributed by atoms with Gasteiger partial charge in [0.25, 0.3) is 0 Å². The molecular formula is C19H32N4O2. The topological polar surface area (TPSA) is 77.5 Å². The first kappa shape index (κ1) is 19.5. The highest BCUT2D eigenvalue weighted by molar-refractivity contribution is 5.74. The van der Waals surface area contributed by atoms with Crippen LogP contribution in [0.5, 0.6) is 0 Å². The van der Waals surface area contributed by atoms with Crippen LogP contribution in [-0.2, 0) is 0 Å². The molecule has 25 heavy (non-hydrogen) atoms. The molecule has 0 bridgehead atoms. The Balaban J connectivity index is 1.80. The summed E-state index contributed by atoms with van der Waals surface area (Å²) in [5.41, 5.74) is 1.08. The van der Waals surface area contributed by atoms with E-state index in [1.165, 1.54) is 0 Å². The molecule has 0 radical (unpaired) electrons. The van der Waals surface area contributed by atoms with Crippen molar-refractivity contribution < 1.29 is 9.90 Å². The van der Waals surface area contributed by atoms with Gasteiger partial charge in [0.05, 0.1) is 0 Å². The van der Waals surface area contributed by atoms with Crippen molar-refractivity contribution in [3.8, 4) is 0 Å². The van der Waals surface area contributed by atoms with Gasteiger partial charge in [-0.2, -0.15) is 0 Å². The fourth-order valence-electron chi connectivity index (χ4n) is 3.14. The number of aromatic nitrogens is 1. The second-order valence-corrected chi connectivity index (χ2v) is 8.00. The van der Waals surface area contributed by atoms with Crippen LogP contribution in [-0.4, -0.2) is 47.9 Å². The Morgan fingerprint density at radius 2 is 2.04 bits per heavy atom. The van der Waals surface area contributed by atoms with E-state index in [4.69, 9.17) is 0 Å². The number of anilines is 1. The lowest BCUT2D eigenvalue weighted by atomic mass is 9.85. The Labute approximate surface area is 151 Å². The van der Waals surface area contributed by atoms with Crippen molar-refractivity contribution in [2.75, 3.05) is 24.6 Å². The normalized spacial score (nSPS) is 17.2. The molecule has 1 aliphatic heterocycles. The summed E-state index contributed by atoms with van der Waals surface area (Å²) in [6, 6.07) is 4.12. The van der Waals surface area contributed by atoms with Gasteiger partial charge in [-0.05, 0) is 43.2 Å². The molecule has 1 aromatic heterocycles. The van der Waals surface area contributed by atoms with E-state index >= 15 is 0 Å². The summed E-state index contributed by atoms with van der Waals surface area (Å²) in [5.74, 6) is 1.00. The van der Waals surface area contributed by atoms with Gasteiger partial charge >= 0.3 is 6.03 Å². The van der Waals surface area contributed by atoms with Gasteiger partial charge in [0.1, 0.15) is 5.82 Å². The molecule has 0 unspecified atom stereocenters. The van der Waals surface area contributed by atoms with Gasteiger partial charge < -0.3 is 20.6 Å². The maximum Gasteiger partial charge on any atom is 0.315 e. The molecule has 0 saturated carbocycles. The predicted molar refractivity (Wildman–Crippen MR) is 101 cm³/mol. The molecule has 0 spiro atoms. The highest BCUT2D eigenvalue weighted by Crippen LogP contribution is 2.22. The minimum Gasteiger partial charge on any atom is -0.396 e. The van der Waals surface area contributed by atoms with E-state index < -0.39 is 0 Å². The van der Waals surface area contributed by atoms with Gasteiger partial charge in [0, 0.05) is 38.0 Å². The zero-order valence-corrected chi connectivity index (χ0v) is 15.9. The number of aliphatic hydroxyl groups excluding tert-OH is 1. The molecule has 2 heterocycles. The SMILES string of the molecule is Cc1ccc(N2CCC(NC(=O)N[C@@H](CCO)C(C)(C)C)CC2)nc1. The molecule has 6 heteroatoms. The number of urea groups is 1. The number of nitrogens with one attached hydrogen (secondary N) is 2. The number of rotatable bonds is 5. The van der Waals surface area contributed by atoms with E-state index in [9.17, 15) is 9.90 Å². The molecule has 1 aromatic rings. The Kier molecular flexibility index (Phi) is 6.64. The van der Waals surface area contributed by atoms with Crippen molar-refractivity contribution in [3.63, 3.8) is 0 Å². The largest absolute Gasteiger partial charge is 0.396 e. The zero-order valence-electron chi connectivity index (χ0n) is 15.9. The number of hydrogen-bond donors (Lipinski definition) is 3. The van der Waals surface area contributed by atoms with Crippen molar-refractivity contribution in [2.45, 2.75) is 59.0 Å². The second kappa shape index (κ2) is 8.52. The average molecular weight is 348 g/mol. The fourth-order valence-corrected chi connectivity index (χ4v) is 3.14. The molecule has 0 aliphatic carbocycles. The first-order valence-electron chi connectivity index (χ1n) is 9.15.